The van der Waals surface area contributed by atoms with Crippen molar-refractivity contribution >= 4 is 17.2 Å². The third-order valence-electron chi connectivity index (χ3n) is 3.34. The standard InChI is InChI=1S/C14H17N3OS/c1-8-6-10(9(2)19-8)14-16-12-4-5-18-7-11(12)13(15-3)17-14/h6H,4-5,7H2,1-3H3,(H,15,16,17). The number of anilines is 1. The summed E-state index contributed by atoms with van der Waals surface area (Å²) in [6, 6.07) is 2.17. The minimum absolute atomic E-state index is 0.605. The Bertz CT molecular complexity index is 604. The average molecular weight is 275 g/mol. The molecule has 0 bridgehead atoms. The molecule has 0 aliphatic carbocycles. The lowest BCUT2D eigenvalue weighted by Crippen LogP contribution is -2.16. The number of nitrogens with one attached hydrogen (secondary N) is 1. The van der Waals surface area contributed by atoms with E-state index in [0.29, 0.717) is 6.61 Å². The quantitative estimate of drug-likeness (QED) is 0.915. The summed E-state index contributed by atoms with van der Waals surface area (Å²) in [6.45, 7) is 5.59. The summed E-state index contributed by atoms with van der Waals surface area (Å²) in [4.78, 5) is 12.0. The highest BCUT2D eigenvalue weighted by Crippen LogP contribution is 2.31. The van der Waals surface area contributed by atoms with Crippen LogP contribution in [0.15, 0.2) is 6.07 Å². The lowest BCUT2D eigenvalue weighted by atomic mass is 10.1. The first-order valence-electron chi connectivity index (χ1n) is 6.41. The molecule has 3 heterocycles. The largest absolute Gasteiger partial charge is 0.376 e. The van der Waals surface area contributed by atoms with E-state index in [-0.39, 0.29) is 0 Å². The smallest absolute Gasteiger partial charge is 0.162 e. The van der Waals surface area contributed by atoms with E-state index in [4.69, 9.17) is 9.72 Å². The summed E-state index contributed by atoms with van der Waals surface area (Å²) in [5, 5.41) is 3.16. The van der Waals surface area contributed by atoms with Crippen LogP contribution in [0.4, 0.5) is 5.82 Å². The summed E-state index contributed by atoms with van der Waals surface area (Å²) < 4.78 is 5.49. The van der Waals surface area contributed by atoms with Crippen LogP contribution >= 0.6 is 11.3 Å². The molecular formula is C14H17N3OS. The molecule has 0 atom stereocenters. The highest BCUT2D eigenvalue weighted by Gasteiger charge is 2.19. The fourth-order valence-corrected chi connectivity index (χ4v) is 3.33. The van der Waals surface area contributed by atoms with Gasteiger partial charge in [-0.3, -0.25) is 0 Å². The van der Waals surface area contributed by atoms with Crippen LogP contribution in [0.1, 0.15) is 21.0 Å². The van der Waals surface area contributed by atoms with Crippen molar-refractivity contribution in [1.82, 2.24) is 9.97 Å². The summed E-state index contributed by atoms with van der Waals surface area (Å²) in [5.41, 5.74) is 3.36. The Kier molecular flexibility index (Phi) is 3.24. The maximum absolute atomic E-state index is 5.49. The van der Waals surface area contributed by atoms with Crippen LogP contribution in [-0.2, 0) is 17.8 Å². The van der Waals surface area contributed by atoms with Crippen LogP contribution in [0.5, 0.6) is 0 Å². The van der Waals surface area contributed by atoms with Crippen molar-refractivity contribution in [2.75, 3.05) is 19.0 Å². The first kappa shape index (κ1) is 12.6. The normalized spacial score (nSPS) is 14.3. The lowest BCUT2D eigenvalue weighted by Gasteiger charge is -2.19. The van der Waals surface area contributed by atoms with Gasteiger partial charge in [0, 0.05) is 34.3 Å². The molecule has 0 spiro atoms. The number of hydrogen-bond donors (Lipinski definition) is 1. The second-order valence-corrected chi connectivity index (χ2v) is 6.16. The van der Waals surface area contributed by atoms with Crippen LogP contribution in [-0.4, -0.2) is 23.6 Å². The Morgan fingerprint density at radius 2 is 2.16 bits per heavy atom. The summed E-state index contributed by atoms with van der Waals surface area (Å²) in [7, 11) is 1.90. The zero-order valence-corrected chi connectivity index (χ0v) is 12.2. The van der Waals surface area contributed by atoms with Crippen molar-refractivity contribution in [2.45, 2.75) is 26.9 Å². The Hall–Kier alpha value is -1.46. The Morgan fingerprint density at radius 1 is 1.32 bits per heavy atom. The highest BCUT2D eigenvalue weighted by molar-refractivity contribution is 7.12. The number of thiophene rings is 1. The SMILES string of the molecule is CNc1nc(-c2cc(C)sc2C)nc2c1COCC2. The van der Waals surface area contributed by atoms with Gasteiger partial charge in [-0.2, -0.15) is 0 Å². The van der Waals surface area contributed by atoms with Gasteiger partial charge in [-0.15, -0.1) is 11.3 Å². The molecule has 4 nitrogen and oxygen atoms in total. The van der Waals surface area contributed by atoms with E-state index in [1.807, 2.05) is 7.05 Å². The molecule has 0 unspecified atom stereocenters. The van der Waals surface area contributed by atoms with Crippen molar-refractivity contribution in [3.8, 4) is 11.4 Å². The third kappa shape index (κ3) is 2.24. The predicted molar refractivity (Wildman–Crippen MR) is 77.7 cm³/mol. The number of aryl methyl sites for hydroxylation is 2. The molecule has 2 aromatic rings. The van der Waals surface area contributed by atoms with Gasteiger partial charge < -0.3 is 10.1 Å². The molecule has 19 heavy (non-hydrogen) atoms. The molecule has 100 valence electrons. The first-order valence-corrected chi connectivity index (χ1v) is 7.23. The summed E-state index contributed by atoms with van der Waals surface area (Å²) in [5.74, 6) is 1.72. The molecule has 0 fully saturated rings. The van der Waals surface area contributed by atoms with E-state index >= 15 is 0 Å². The van der Waals surface area contributed by atoms with Gasteiger partial charge in [-0.1, -0.05) is 0 Å². The number of ether oxygens (including phenoxy) is 1. The molecule has 0 amide bonds. The first-order chi connectivity index (χ1) is 9.19. The Morgan fingerprint density at radius 3 is 2.84 bits per heavy atom. The van der Waals surface area contributed by atoms with Gasteiger partial charge in [0.2, 0.25) is 0 Å². The summed E-state index contributed by atoms with van der Waals surface area (Å²) >= 11 is 1.79. The number of nitrogens with zero attached hydrogens (tertiary/aromatic N) is 2. The van der Waals surface area contributed by atoms with E-state index in [1.165, 1.54) is 9.75 Å². The van der Waals surface area contributed by atoms with Crippen molar-refractivity contribution in [3.63, 3.8) is 0 Å². The molecule has 1 aliphatic heterocycles. The highest BCUT2D eigenvalue weighted by atomic mass is 32.1. The topological polar surface area (TPSA) is 47.0 Å². The molecule has 1 aliphatic rings. The fourth-order valence-electron chi connectivity index (χ4n) is 2.41. The maximum atomic E-state index is 5.49. The van der Waals surface area contributed by atoms with E-state index in [1.54, 1.807) is 11.3 Å². The second kappa shape index (κ2) is 4.90. The van der Waals surface area contributed by atoms with Crippen molar-refractivity contribution in [3.05, 3.63) is 27.1 Å². The minimum Gasteiger partial charge on any atom is -0.376 e. The fraction of sp³-hybridized carbons (Fsp3) is 0.429. The van der Waals surface area contributed by atoms with Gasteiger partial charge >= 0.3 is 0 Å². The van der Waals surface area contributed by atoms with Gasteiger partial charge in [0.1, 0.15) is 5.82 Å². The average Bonchev–Trinajstić information content (AvgIpc) is 2.76. The van der Waals surface area contributed by atoms with E-state index in [2.05, 4.69) is 30.2 Å². The molecule has 2 aromatic heterocycles. The monoisotopic (exact) mass is 275 g/mol. The zero-order chi connectivity index (χ0) is 13.4. The predicted octanol–water partition coefficient (Wildman–Crippen LogP) is 2.94. The summed E-state index contributed by atoms with van der Waals surface area (Å²) in [6.07, 6.45) is 0.863. The lowest BCUT2D eigenvalue weighted by molar-refractivity contribution is 0.109. The molecule has 0 aromatic carbocycles. The van der Waals surface area contributed by atoms with Crippen molar-refractivity contribution in [1.29, 1.82) is 0 Å². The zero-order valence-electron chi connectivity index (χ0n) is 11.4. The molecule has 0 saturated heterocycles. The molecule has 1 N–H and O–H groups in total. The maximum Gasteiger partial charge on any atom is 0.162 e. The minimum atomic E-state index is 0.605. The number of aromatic nitrogens is 2. The second-order valence-electron chi connectivity index (χ2n) is 4.70. The van der Waals surface area contributed by atoms with Gasteiger partial charge in [0.15, 0.2) is 5.82 Å². The van der Waals surface area contributed by atoms with Crippen LogP contribution in [0.3, 0.4) is 0 Å². The molecular weight excluding hydrogens is 258 g/mol. The molecule has 5 heteroatoms. The van der Waals surface area contributed by atoms with Crippen molar-refractivity contribution < 1.29 is 4.74 Å². The van der Waals surface area contributed by atoms with E-state index in [9.17, 15) is 0 Å². The van der Waals surface area contributed by atoms with Gasteiger partial charge in [0.25, 0.3) is 0 Å². The molecule has 0 saturated carbocycles. The van der Waals surface area contributed by atoms with Crippen LogP contribution < -0.4 is 5.32 Å². The van der Waals surface area contributed by atoms with Gasteiger partial charge in [-0.25, -0.2) is 9.97 Å². The van der Waals surface area contributed by atoms with Gasteiger partial charge in [-0.05, 0) is 19.9 Å². The number of fused-ring (bicyclic) bond motifs is 1. The Balaban J connectivity index is 2.15. The molecule has 0 radical (unpaired) electrons. The number of hydrogen-bond acceptors (Lipinski definition) is 5. The Labute approximate surface area is 116 Å². The van der Waals surface area contributed by atoms with Gasteiger partial charge in [0.05, 0.1) is 18.9 Å². The van der Waals surface area contributed by atoms with Crippen LogP contribution in [0.25, 0.3) is 11.4 Å². The third-order valence-corrected chi connectivity index (χ3v) is 4.31. The van der Waals surface area contributed by atoms with Crippen LogP contribution in [0.2, 0.25) is 0 Å². The number of rotatable bonds is 2. The van der Waals surface area contributed by atoms with Crippen molar-refractivity contribution in [2.24, 2.45) is 0 Å². The molecule has 3 rings (SSSR count). The van der Waals surface area contributed by atoms with E-state index in [0.717, 1.165) is 41.5 Å². The van der Waals surface area contributed by atoms with Crippen LogP contribution in [0, 0.1) is 13.8 Å². The van der Waals surface area contributed by atoms with E-state index < -0.39 is 0 Å².